The summed E-state index contributed by atoms with van der Waals surface area (Å²) in [5, 5.41) is 20.7. The van der Waals surface area contributed by atoms with Crippen LogP contribution in [0.5, 0.6) is 11.5 Å². The topological polar surface area (TPSA) is 77.6 Å². The Morgan fingerprint density at radius 1 is 0.529 bits per heavy atom. The maximum absolute atomic E-state index is 8.12. The number of para-hydroxylation sites is 2. The minimum absolute atomic E-state index is 0. The van der Waals surface area contributed by atoms with Crippen molar-refractivity contribution in [2.45, 2.75) is 228 Å². The van der Waals surface area contributed by atoms with Crippen LogP contribution in [0.3, 0.4) is 0 Å². The molecule has 1 aliphatic rings. The molecule has 0 saturated heterocycles. The molecule has 0 radical (unpaired) electrons. The molecule has 0 aliphatic carbocycles. The van der Waals surface area contributed by atoms with E-state index in [9.17, 15) is 0 Å². The average Bonchev–Trinajstić information content (AvgIpc) is 3.13. The smallest absolute Gasteiger partial charge is 0.794 e. The summed E-state index contributed by atoms with van der Waals surface area (Å²) in [7, 11) is 0.0162. The molecule has 0 fully saturated rings. The van der Waals surface area contributed by atoms with Gasteiger partial charge in [-0.3, -0.25) is 0 Å². The maximum atomic E-state index is 8.12. The standard InChI is InChI=1S/C47H62N2O.C12H27P.CO2.Al.Au/c1-27(2)33-19-17-20-34(28(3)4)41(33)48-39-25-31(45(9,10)11)23-37-43(39)50-44-38(47(37,15)16)24-32(46(12,13)14)26-40(44)49-42-35(29(5)6)21-18-22-36(42)30(7)8;1-10(2,3)13(11(4,5)6)12(7,8)9;2-1-3;;/h17-30H,1-16H3;1-9H3;;;/q-2;;-2;+3;+1. The van der Waals surface area contributed by atoms with Gasteiger partial charge in [-0.15, -0.1) is 11.4 Å². The second-order valence-corrected chi connectivity index (χ2v) is 30.0. The van der Waals surface area contributed by atoms with E-state index in [1.807, 2.05) is 0 Å². The molecular weight excluding hydrogens is 1050 g/mol. The Labute approximate surface area is 444 Å². The molecule has 0 aromatic heterocycles. The number of carbonyl (C=O) groups excluding carboxylic acids is 1. The van der Waals surface area contributed by atoms with Crippen LogP contribution in [0, 0.1) is 0 Å². The molecule has 0 N–H and O–H groups in total. The molecule has 0 atom stereocenters. The molecule has 4 aromatic carbocycles. The third kappa shape index (κ3) is 15.2. The van der Waals surface area contributed by atoms with Crippen molar-refractivity contribution in [1.29, 1.82) is 0 Å². The predicted molar refractivity (Wildman–Crippen MR) is 295 cm³/mol. The van der Waals surface area contributed by atoms with Crippen LogP contribution < -0.4 is 9.84 Å². The summed E-state index contributed by atoms with van der Waals surface area (Å²) in [6.45, 7) is 58.2. The summed E-state index contributed by atoms with van der Waals surface area (Å²) in [6, 6.07) is 22.6. The molecule has 0 unspecified atom stereocenters. The summed E-state index contributed by atoms with van der Waals surface area (Å²) < 4.78 is 7.27. The van der Waals surface area contributed by atoms with Gasteiger partial charge in [-0.25, -0.2) is 0 Å². The minimum Gasteiger partial charge on any atom is -0.794 e. The molecule has 5 nitrogen and oxygen atoms in total. The van der Waals surface area contributed by atoms with Gasteiger partial charge in [0.2, 0.25) is 0 Å². The van der Waals surface area contributed by atoms with E-state index in [-0.39, 0.29) is 70.4 Å². The van der Waals surface area contributed by atoms with Gasteiger partial charge in [0, 0.05) is 16.5 Å². The molecule has 68 heavy (non-hydrogen) atoms. The second kappa shape index (κ2) is 23.8. The SMILES string of the molecule is CC(C)(C)P(C(C)(C)C)C(C)(C)C.CC(C)c1cccc(C(C)C)c1[N-]c1cc(C(C)(C)C)cc2c1Oc1c([N-]c3c(C(C)C)cccc3C(C)C)cc(C(C)(C)C)cc1C2(C)C.O=[C-][O-].[Al+3].[Au+]. The number of ether oxygens (including phenoxy) is 1. The van der Waals surface area contributed by atoms with Crippen molar-refractivity contribution in [1.82, 2.24) is 0 Å². The van der Waals surface area contributed by atoms with Crippen molar-refractivity contribution in [2.75, 3.05) is 0 Å². The zero-order valence-corrected chi connectivity index (χ0v) is 51.2. The number of fused-ring (bicyclic) bond motifs is 2. The molecule has 0 spiro atoms. The van der Waals surface area contributed by atoms with E-state index in [1.54, 1.807) is 0 Å². The Hall–Kier alpha value is -2.55. The molecule has 5 rings (SSSR count). The summed E-state index contributed by atoms with van der Waals surface area (Å²) in [4.78, 5) is 8.12. The van der Waals surface area contributed by atoms with Gasteiger partial charge in [0.1, 0.15) is 11.5 Å². The molecule has 4 aromatic rings. The number of rotatable bonds is 8. The number of hydrogen-bond donors (Lipinski definition) is 0. The van der Waals surface area contributed by atoms with Gasteiger partial charge in [0.05, 0.1) is 0 Å². The van der Waals surface area contributed by atoms with Crippen LogP contribution in [-0.2, 0) is 43.4 Å². The largest absolute Gasteiger partial charge is 3.00 e. The van der Waals surface area contributed by atoms with E-state index in [2.05, 4.69) is 234 Å². The number of nitrogens with zero attached hydrogens (tertiary/aromatic N) is 2. The summed E-state index contributed by atoms with van der Waals surface area (Å²) in [5.74, 6) is 3.03. The zero-order valence-electron chi connectivity index (χ0n) is 47.0. The molecule has 0 amide bonds. The van der Waals surface area contributed by atoms with Gasteiger partial charge in [0.25, 0.3) is 0 Å². The summed E-state index contributed by atoms with van der Waals surface area (Å²) >= 11 is 0. The Morgan fingerprint density at radius 3 is 0.971 bits per heavy atom. The molecule has 8 heteroatoms. The first-order valence-corrected chi connectivity index (χ1v) is 25.8. The van der Waals surface area contributed by atoms with Gasteiger partial charge in [0.15, 0.2) is 0 Å². The first-order chi connectivity index (χ1) is 29.9. The van der Waals surface area contributed by atoms with E-state index in [1.165, 1.54) is 44.5 Å². The van der Waals surface area contributed by atoms with E-state index in [4.69, 9.17) is 25.3 Å². The summed E-state index contributed by atoms with van der Waals surface area (Å²) in [5.41, 5.74) is 13.3. The third-order valence-corrected chi connectivity index (χ3v) is 16.6. The van der Waals surface area contributed by atoms with E-state index in [0.29, 0.717) is 39.1 Å². The van der Waals surface area contributed by atoms with Crippen LogP contribution in [-0.4, -0.2) is 39.3 Å². The van der Waals surface area contributed by atoms with Crippen molar-refractivity contribution in [3.63, 3.8) is 0 Å². The fourth-order valence-corrected chi connectivity index (χ4v) is 16.2. The molecule has 0 bridgehead atoms. The third-order valence-electron chi connectivity index (χ3n) is 12.6. The molecule has 376 valence electrons. The Balaban J connectivity index is 0.00000110. The quantitative estimate of drug-likeness (QED) is 0.100. The van der Waals surface area contributed by atoms with Crippen LogP contribution in [0.1, 0.15) is 241 Å². The fourth-order valence-electron chi connectivity index (χ4n) is 10.2. The van der Waals surface area contributed by atoms with Crippen molar-refractivity contribution in [3.8, 4) is 11.5 Å². The van der Waals surface area contributed by atoms with Crippen molar-refractivity contribution >= 4 is 54.5 Å². The van der Waals surface area contributed by atoms with E-state index in [0.717, 1.165) is 34.2 Å². The zero-order chi connectivity index (χ0) is 50.9. The van der Waals surface area contributed by atoms with Gasteiger partial charge in [-0.2, -0.15) is 0 Å². The molecule has 1 aliphatic heterocycles. The summed E-state index contributed by atoms with van der Waals surface area (Å²) in [6.07, 6.45) is 0. The van der Waals surface area contributed by atoms with Crippen molar-refractivity contribution in [3.05, 3.63) is 116 Å². The number of benzene rings is 4. The minimum atomic E-state index is -0.364. The van der Waals surface area contributed by atoms with Crippen LogP contribution >= 0.6 is 7.92 Å². The van der Waals surface area contributed by atoms with Gasteiger partial charge in [-0.1, -0.05) is 275 Å². The monoisotopic (exact) mass is 1140 g/mol. The van der Waals surface area contributed by atoms with Gasteiger partial charge in [-0.05, 0) is 61.1 Å². The maximum Gasteiger partial charge on any atom is 3.00 e. The van der Waals surface area contributed by atoms with Crippen LogP contribution in [0.4, 0.5) is 22.7 Å². The van der Waals surface area contributed by atoms with Gasteiger partial charge < -0.3 is 31.7 Å². The van der Waals surface area contributed by atoms with E-state index >= 15 is 0 Å². The van der Waals surface area contributed by atoms with Crippen LogP contribution in [0.15, 0.2) is 60.7 Å². The Morgan fingerprint density at radius 2 is 0.779 bits per heavy atom. The second-order valence-electron chi connectivity index (χ2n) is 25.3. The first kappa shape index (κ1) is 63.5. The number of hydrogen-bond acceptors (Lipinski definition) is 3. The molecule has 1 heterocycles. The normalized spacial score (nSPS) is 13.6. The first-order valence-electron chi connectivity index (χ1n) is 24.5. The predicted octanol–water partition coefficient (Wildman–Crippen LogP) is 18.6. The average molecular weight is 1140 g/mol. The molecular formula is C60H89AlAuN2O3P. The Kier molecular flexibility index (Phi) is 22.2. The van der Waals surface area contributed by atoms with Crippen LogP contribution in [0.2, 0.25) is 0 Å². The Bertz CT molecular complexity index is 2070. The molecule has 0 saturated carbocycles. The van der Waals surface area contributed by atoms with E-state index < -0.39 is 0 Å². The fraction of sp³-hybridized carbons (Fsp3) is 0.583. The van der Waals surface area contributed by atoms with Crippen molar-refractivity contribution in [2.24, 2.45) is 0 Å². The van der Waals surface area contributed by atoms with Crippen molar-refractivity contribution < 1.29 is 37.0 Å². The van der Waals surface area contributed by atoms with Gasteiger partial charge >= 0.3 is 39.7 Å². The van der Waals surface area contributed by atoms with Crippen LogP contribution in [0.25, 0.3) is 10.6 Å².